The summed E-state index contributed by atoms with van der Waals surface area (Å²) < 4.78 is 4.97. The number of methoxy groups -OCH3 is 1. The van der Waals surface area contributed by atoms with E-state index in [1.54, 1.807) is 6.07 Å². The van der Waals surface area contributed by atoms with Gasteiger partial charge in [0.1, 0.15) is 11.6 Å². The van der Waals surface area contributed by atoms with Gasteiger partial charge in [-0.1, -0.05) is 0 Å². The number of nitrogens with one attached hydrogen (secondary N) is 1. The molecule has 1 aromatic heterocycles. The second kappa shape index (κ2) is 7.63. The molecule has 6 nitrogen and oxygen atoms in total. The van der Waals surface area contributed by atoms with Crippen molar-refractivity contribution in [2.24, 2.45) is 0 Å². The normalized spacial score (nSPS) is 11.7. The van der Waals surface area contributed by atoms with Crippen LogP contribution in [0, 0.1) is 0 Å². The van der Waals surface area contributed by atoms with E-state index in [-0.39, 0.29) is 11.4 Å². The molecule has 2 N–H and O–H groups in total. The number of carbonyl (C=O) groups excluding carboxylic acids is 1. The number of carboxylic acid groups (broad SMARTS) is 1. The highest BCUT2D eigenvalue weighted by atomic mass is 32.2. The third-order valence-electron chi connectivity index (χ3n) is 2.42. The number of pyridine rings is 1. The van der Waals surface area contributed by atoms with Gasteiger partial charge in [0, 0.05) is 6.20 Å². The van der Waals surface area contributed by atoms with Gasteiger partial charge in [-0.15, -0.1) is 0 Å². The number of carbonyl (C=O) groups is 2. The van der Waals surface area contributed by atoms with Gasteiger partial charge >= 0.3 is 5.97 Å². The minimum absolute atomic E-state index is 0.175. The van der Waals surface area contributed by atoms with Crippen molar-refractivity contribution in [1.29, 1.82) is 0 Å². The Morgan fingerprint density at radius 1 is 1.58 bits per heavy atom. The SMILES string of the molecule is COc1ncccc1C(=O)N[C@@H](CCSC)C(=O)O. The molecule has 0 bridgehead atoms. The summed E-state index contributed by atoms with van der Waals surface area (Å²) in [7, 11) is 1.40. The minimum Gasteiger partial charge on any atom is -0.480 e. The van der Waals surface area contributed by atoms with E-state index in [0.717, 1.165) is 0 Å². The van der Waals surface area contributed by atoms with Gasteiger partial charge in [-0.25, -0.2) is 9.78 Å². The van der Waals surface area contributed by atoms with E-state index in [9.17, 15) is 9.59 Å². The van der Waals surface area contributed by atoms with Crippen LogP contribution in [0.4, 0.5) is 0 Å². The first-order valence-corrected chi connectivity index (χ1v) is 7.01. The summed E-state index contributed by atoms with van der Waals surface area (Å²) in [6.45, 7) is 0. The Morgan fingerprint density at radius 2 is 2.32 bits per heavy atom. The molecule has 0 fully saturated rings. The Hall–Kier alpha value is -1.76. The Kier molecular flexibility index (Phi) is 6.14. The van der Waals surface area contributed by atoms with E-state index in [1.807, 2.05) is 6.26 Å². The summed E-state index contributed by atoms with van der Waals surface area (Å²) in [5, 5.41) is 11.5. The van der Waals surface area contributed by atoms with E-state index >= 15 is 0 Å². The van der Waals surface area contributed by atoms with Crippen LogP contribution < -0.4 is 10.1 Å². The number of aliphatic carboxylic acids is 1. The zero-order valence-electron chi connectivity index (χ0n) is 10.8. The third kappa shape index (κ3) is 4.44. The fourth-order valence-electron chi connectivity index (χ4n) is 1.46. The number of hydrogen-bond donors (Lipinski definition) is 2. The van der Waals surface area contributed by atoms with Crippen molar-refractivity contribution in [3.8, 4) is 5.88 Å². The van der Waals surface area contributed by atoms with Crippen molar-refractivity contribution in [2.45, 2.75) is 12.5 Å². The summed E-state index contributed by atoms with van der Waals surface area (Å²) in [5.74, 6) is -0.723. The van der Waals surface area contributed by atoms with Crippen LogP contribution in [0.15, 0.2) is 18.3 Å². The van der Waals surface area contributed by atoms with Gasteiger partial charge in [0.2, 0.25) is 5.88 Å². The fourth-order valence-corrected chi connectivity index (χ4v) is 1.93. The van der Waals surface area contributed by atoms with E-state index in [4.69, 9.17) is 9.84 Å². The standard InChI is InChI=1S/C12H16N2O4S/c1-18-11-8(4-3-6-13-11)10(15)14-9(12(16)17)5-7-19-2/h3-4,6,9H,5,7H2,1-2H3,(H,14,15)(H,16,17)/t9-/m0/s1. The van der Waals surface area contributed by atoms with Crippen LogP contribution in [0.3, 0.4) is 0 Å². The average Bonchev–Trinajstić information content (AvgIpc) is 2.42. The molecule has 1 aromatic rings. The second-order valence-corrected chi connectivity index (χ2v) is 4.69. The average molecular weight is 284 g/mol. The molecule has 0 unspecified atom stereocenters. The molecule has 0 aliphatic rings. The number of thioether (sulfide) groups is 1. The second-order valence-electron chi connectivity index (χ2n) is 3.71. The summed E-state index contributed by atoms with van der Waals surface area (Å²) in [5.41, 5.74) is 0.223. The molecule has 0 radical (unpaired) electrons. The van der Waals surface area contributed by atoms with Crippen LogP contribution >= 0.6 is 11.8 Å². The van der Waals surface area contributed by atoms with Gasteiger partial charge in [-0.2, -0.15) is 11.8 Å². The van der Waals surface area contributed by atoms with E-state index in [0.29, 0.717) is 12.2 Å². The molecule has 7 heteroatoms. The number of rotatable bonds is 7. The highest BCUT2D eigenvalue weighted by molar-refractivity contribution is 7.98. The summed E-state index contributed by atoms with van der Waals surface area (Å²) in [6, 6.07) is 2.22. The molecule has 1 atom stereocenters. The zero-order chi connectivity index (χ0) is 14.3. The van der Waals surface area contributed by atoms with Gasteiger partial charge in [-0.3, -0.25) is 4.79 Å². The molecule has 1 rings (SSSR count). The monoisotopic (exact) mass is 284 g/mol. The molecule has 1 amide bonds. The quantitative estimate of drug-likeness (QED) is 0.777. The lowest BCUT2D eigenvalue weighted by molar-refractivity contribution is -0.139. The van der Waals surface area contributed by atoms with E-state index < -0.39 is 17.9 Å². The predicted molar refractivity (Wildman–Crippen MR) is 72.7 cm³/mol. The van der Waals surface area contributed by atoms with Crippen molar-refractivity contribution >= 4 is 23.6 Å². The molecule has 19 heavy (non-hydrogen) atoms. The predicted octanol–water partition coefficient (Wildman–Crippen LogP) is 1.03. The lowest BCUT2D eigenvalue weighted by Gasteiger charge is -2.14. The molecular weight excluding hydrogens is 268 g/mol. The van der Waals surface area contributed by atoms with Crippen LogP contribution in [0.1, 0.15) is 16.8 Å². The molecule has 0 spiro atoms. The Balaban J connectivity index is 2.78. The number of carboxylic acids is 1. The maximum absolute atomic E-state index is 12.0. The van der Waals surface area contributed by atoms with Crippen LogP contribution in [-0.4, -0.2) is 47.1 Å². The van der Waals surface area contributed by atoms with Crippen molar-refractivity contribution in [3.05, 3.63) is 23.9 Å². The molecule has 0 saturated carbocycles. The molecule has 0 saturated heterocycles. The Labute approximate surface area is 115 Å². The minimum atomic E-state index is -1.05. The summed E-state index contributed by atoms with van der Waals surface area (Å²) in [6.07, 6.45) is 3.74. The fraction of sp³-hybridized carbons (Fsp3) is 0.417. The molecule has 0 aromatic carbocycles. The van der Waals surface area contributed by atoms with Crippen molar-refractivity contribution < 1.29 is 19.4 Å². The van der Waals surface area contributed by atoms with Gasteiger partial charge in [0.05, 0.1) is 7.11 Å². The number of aromatic nitrogens is 1. The van der Waals surface area contributed by atoms with E-state index in [1.165, 1.54) is 31.1 Å². The number of ether oxygens (including phenoxy) is 1. The first-order valence-electron chi connectivity index (χ1n) is 5.61. The van der Waals surface area contributed by atoms with Crippen LogP contribution in [-0.2, 0) is 4.79 Å². The lowest BCUT2D eigenvalue weighted by Crippen LogP contribution is -2.41. The summed E-state index contributed by atoms with van der Waals surface area (Å²) >= 11 is 1.53. The summed E-state index contributed by atoms with van der Waals surface area (Å²) in [4.78, 5) is 27.0. The first kappa shape index (κ1) is 15.3. The molecule has 1 heterocycles. The zero-order valence-corrected chi connectivity index (χ0v) is 11.6. The molecule has 0 aliphatic carbocycles. The van der Waals surface area contributed by atoms with Gasteiger partial charge < -0.3 is 15.2 Å². The van der Waals surface area contributed by atoms with Crippen LogP contribution in [0.2, 0.25) is 0 Å². The number of amides is 1. The van der Waals surface area contributed by atoms with Crippen molar-refractivity contribution in [2.75, 3.05) is 19.1 Å². The lowest BCUT2D eigenvalue weighted by atomic mass is 10.2. The van der Waals surface area contributed by atoms with Gasteiger partial charge in [0.25, 0.3) is 5.91 Å². The molecular formula is C12H16N2O4S. The van der Waals surface area contributed by atoms with Gasteiger partial charge in [-0.05, 0) is 30.6 Å². The topological polar surface area (TPSA) is 88.5 Å². The van der Waals surface area contributed by atoms with Crippen molar-refractivity contribution in [1.82, 2.24) is 10.3 Å². The van der Waals surface area contributed by atoms with E-state index in [2.05, 4.69) is 10.3 Å². The highest BCUT2D eigenvalue weighted by Gasteiger charge is 2.22. The number of hydrogen-bond acceptors (Lipinski definition) is 5. The Morgan fingerprint density at radius 3 is 2.89 bits per heavy atom. The number of nitrogens with zero attached hydrogens (tertiary/aromatic N) is 1. The largest absolute Gasteiger partial charge is 0.480 e. The third-order valence-corrected chi connectivity index (χ3v) is 3.07. The molecule has 104 valence electrons. The van der Waals surface area contributed by atoms with Gasteiger partial charge in [0.15, 0.2) is 0 Å². The van der Waals surface area contributed by atoms with Crippen LogP contribution in [0.25, 0.3) is 0 Å². The smallest absolute Gasteiger partial charge is 0.326 e. The Bertz CT molecular complexity index is 453. The first-order chi connectivity index (χ1) is 9.10. The van der Waals surface area contributed by atoms with Crippen molar-refractivity contribution in [3.63, 3.8) is 0 Å². The maximum atomic E-state index is 12.0. The maximum Gasteiger partial charge on any atom is 0.326 e. The molecule has 0 aliphatic heterocycles. The van der Waals surface area contributed by atoms with Crippen LogP contribution in [0.5, 0.6) is 5.88 Å². The highest BCUT2D eigenvalue weighted by Crippen LogP contribution is 2.13.